The first-order valence-electron chi connectivity index (χ1n) is 14.1. The summed E-state index contributed by atoms with van der Waals surface area (Å²) < 4.78 is 33.7. The van der Waals surface area contributed by atoms with Crippen LogP contribution in [0.2, 0.25) is 0 Å². The Kier molecular flexibility index (Phi) is 8.00. The summed E-state index contributed by atoms with van der Waals surface area (Å²) in [5, 5.41) is 17.4. The summed E-state index contributed by atoms with van der Waals surface area (Å²) in [5.41, 5.74) is 5.10. The number of hydrogen-bond acceptors (Lipinski definition) is 7. The minimum Gasteiger partial charge on any atom is -0.479 e. The molecule has 1 aromatic carbocycles. The Morgan fingerprint density at radius 3 is 2.76 bits per heavy atom. The molecule has 0 unspecified atom stereocenters. The molecule has 0 bridgehead atoms. The smallest absolute Gasteiger partial charge is 0.248 e. The summed E-state index contributed by atoms with van der Waals surface area (Å²) in [4.78, 5) is 23.1. The molecular formula is C30H38F2N6O3. The minimum atomic E-state index is -2.33. The van der Waals surface area contributed by atoms with Crippen molar-refractivity contribution in [3.63, 3.8) is 0 Å². The van der Waals surface area contributed by atoms with Crippen molar-refractivity contribution >= 4 is 28.8 Å². The number of methoxy groups -OCH3 is 1. The van der Waals surface area contributed by atoms with Gasteiger partial charge in [-0.05, 0) is 55.0 Å². The van der Waals surface area contributed by atoms with Gasteiger partial charge in [0.1, 0.15) is 12.1 Å². The number of aliphatic imine (C=N–C) groups is 1. The van der Waals surface area contributed by atoms with Gasteiger partial charge in [-0.1, -0.05) is 26.8 Å². The number of aliphatic hydroxyl groups is 1. The molecule has 0 radical (unpaired) electrons. The zero-order chi connectivity index (χ0) is 29.5. The predicted molar refractivity (Wildman–Crippen MR) is 154 cm³/mol. The highest BCUT2D eigenvalue weighted by molar-refractivity contribution is 5.91. The van der Waals surface area contributed by atoms with Crippen molar-refractivity contribution in [1.82, 2.24) is 19.5 Å². The lowest BCUT2D eigenvalue weighted by atomic mass is 9.79. The van der Waals surface area contributed by atoms with Crippen molar-refractivity contribution in [1.29, 1.82) is 0 Å². The van der Waals surface area contributed by atoms with Gasteiger partial charge in [0.2, 0.25) is 24.2 Å². The number of likely N-dealkylation sites (tertiary alicyclic amines) is 1. The van der Waals surface area contributed by atoms with E-state index in [1.54, 1.807) is 16.5 Å². The summed E-state index contributed by atoms with van der Waals surface area (Å²) in [5.74, 6) is 0.378. The third-order valence-electron chi connectivity index (χ3n) is 8.59. The molecule has 11 heteroatoms. The Balaban J connectivity index is 1.42. The third kappa shape index (κ3) is 5.77. The molecule has 3 atom stereocenters. The van der Waals surface area contributed by atoms with Crippen LogP contribution in [-0.4, -0.2) is 75.5 Å². The van der Waals surface area contributed by atoms with Crippen LogP contribution < -0.4 is 10.1 Å². The van der Waals surface area contributed by atoms with Crippen molar-refractivity contribution in [3.8, 4) is 17.0 Å². The van der Waals surface area contributed by atoms with Crippen LogP contribution in [0, 0.1) is 17.3 Å². The number of ether oxygens (including phenoxy) is 1. The number of halogens is 2. The van der Waals surface area contributed by atoms with Gasteiger partial charge >= 0.3 is 0 Å². The van der Waals surface area contributed by atoms with E-state index in [-0.39, 0.29) is 35.6 Å². The number of amides is 1. The Labute approximate surface area is 238 Å². The molecule has 220 valence electrons. The predicted octanol–water partition coefficient (Wildman–Crippen LogP) is 4.99. The largest absolute Gasteiger partial charge is 0.479 e. The minimum absolute atomic E-state index is 0.00694. The van der Waals surface area contributed by atoms with E-state index in [0.717, 1.165) is 33.6 Å². The van der Waals surface area contributed by atoms with Crippen LogP contribution >= 0.6 is 0 Å². The number of anilines is 1. The standard InChI is InChI=1S/C30H38F2N6O3/c1-17(12-25(31)32)22-14-20-13-19(6-7-23(20)33-18(22)2)21-8-11-38-27(21)28(41-5)35-29(36-38)34-24-9-10-37(26(40)15-39)16-30(24,3)4/h6-8,11,13,17,22,24-25,39H,9-10,12,14-16H2,1-5H3,(H,34,36)/t17-,22-,24+/m1/s1. The van der Waals surface area contributed by atoms with Crippen molar-refractivity contribution in [2.75, 3.05) is 32.1 Å². The Morgan fingerprint density at radius 2 is 2.07 bits per heavy atom. The van der Waals surface area contributed by atoms with E-state index >= 15 is 0 Å². The lowest BCUT2D eigenvalue weighted by molar-refractivity contribution is -0.137. The first kappa shape index (κ1) is 28.9. The Bertz CT molecular complexity index is 1470. The number of benzene rings is 1. The zero-order valence-electron chi connectivity index (χ0n) is 24.2. The Morgan fingerprint density at radius 1 is 1.29 bits per heavy atom. The number of hydrogen-bond donors (Lipinski definition) is 2. The fourth-order valence-corrected chi connectivity index (χ4v) is 6.26. The molecule has 1 saturated heterocycles. The van der Waals surface area contributed by atoms with Crippen LogP contribution in [0.15, 0.2) is 35.5 Å². The number of nitrogens with one attached hydrogen (secondary N) is 1. The zero-order valence-corrected chi connectivity index (χ0v) is 24.2. The summed E-state index contributed by atoms with van der Waals surface area (Å²) in [6.07, 6.45) is 0.743. The second-order valence-corrected chi connectivity index (χ2v) is 11.9. The van der Waals surface area contributed by atoms with Gasteiger partial charge in [-0.25, -0.2) is 13.3 Å². The molecule has 1 fully saturated rings. The van der Waals surface area contributed by atoms with Crippen LogP contribution in [0.4, 0.5) is 20.4 Å². The van der Waals surface area contributed by atoms with Gasteiger partial charge in [-0.3, -0.25) is 9.79 Å². The highest BCUT2D eigenvalue weighted by atomic mass is 19.3. The molecule has 0 aliphatic carbocycles. The summed E-state index contributed by atoms with van der Waals surface area (Å²) in [6.45, 7) is 8.52. The topological polar surface area (TPSA) is 104 Å². The van der Waals surface area contributed by atoms with Crippen LogP contribution in [0.5, 0.6) is 5.88 Å². The van der Waals surface area contributed by atoms with Crippen molar-refractivity contribution < 1.29 is 23.4 Å². The fourth-order valence-electron chi connectivity index (χ4n) is 6.26. The number of carbonyl (C=O) groups excluding carboxylic acids is 1. The SMILES string of the molecule is COc1nc(N[C@H]2CCN(C(=O)CO)CC2(C)C)nn2ccc(-c3ccc4c(c3)C[C@H]([C@H](C)CC(F)F)C(C)=N4)c12. The lowest BCUT2D eigenvalue weighted by Gasteiger charge is -2.44. The first-order chi connectivity index (χ1) is 19.5. The van der Waals surface area contributed by atoms with Gasteiger partial charge in [-0.2, -0.15) is 4.98 Å². The van der Waals surface area contributed by atoms with E-state index in [0.29, 0.717) is 37.8 Å². The molecule has 3 aromatic rings. The lowest BCUT2D eigenvalue weighted by Crippen LogP contribution is -2.54. The van der Waals surface area contributed by atoms with Gasteiger partial charge in [0.25, 0.3) is 0 Å². The highest BCUT2D eigenvalue weighted by Gasteiger charge is 2.38. The third-order valence-corrected chi connectivity index (χ3v) is 8.59. The monoisotopic (exact) mass is 568 g/mol. The molecular weight excluding hydrogens is 530 g/mol. The summed E-state index contributed by atoms with van der Waals surface area (Å²) >= 11 is 0. The second-order valence-electron chi connectivity index (χ2n) is 11.9. The van der Waals surface area contributed by atoms with Gasteiger partial charge in [-0.15, -0.1) is 5.10 Å². The number of aliphatic hydroxyl groups excluding tert-OH is 1. The molecule has 2 aliphatic rings. The quantitative estimate of drug-likeness (QED) is 0.397. The molecule has 2 aliphatic heterocycles. The van der Waals surface area contributed by atoms with Gasteiger partial charge in [0, 0.05) is 54.4 Å². The van der Waals surface area contributed by atoms with Crippen LogP contribution in [0.3, 0.4) is 0 Å². The van der Waals surface area contributed by atoms with Crippen LogP contribution in [0.25, 0.3) is 16.6 Å². The molecule has 9 nitrogen and oxygen atoms in total. The van der Waals surface area contributed by atoms with Gasteiger partial charge in [0.05, 0.1) is 12.8 Å². The van der Waals surface area contributed by atoms with Gasteiger partial charge in [0.15, 0.2) is 0 Å². The van der Waals surface area contributed by atoms with E-state index in [4.69, 9.17) is 14.8 Å². The average molecular weight is 569 g/mol. The van der Waals surface area contributed by atoms with Crippen LogP contribution in [0.1, 0.15) is 46.1 Å². The van der Waals surface area contributed by atoms with E-state index < -0.39 is 13.0 Å². The number of fused-ring (bicyclic) bond motifs is 2. The maximum atomic E-state index is 13.1. The fraction of sp³-hybridized carbons (Fsp3) is 0.533. The molecule has 41 heavy (non-hydrogen) atoms. The number of aromatic nitrogens is 3. The number of piperidine rings is 1. The van der Waals surface area contributed by atoms with E-state index in [2.05, 4.69) is 30.2 Å². The van der Waals surface area contributed by atoms with E-state index in [1.165, 1.54) is 0 Å². The van der Waals surface area contributed by atoms with Crippen molar-refractivity contribution in [2.24, 2.45) is 22.2 Å². The normalized spacial score (nSPS) is 21.0. The number of alkyl halides is 2. The molecule has 2 N–H and O–H groups in total. The van der Waals surface area contributed by atoms with Crippen LogP contribution in [-0.2, 0) is 11.2 Å². The number of carbonyl (C=O) groups is 1. The second kappa shape index (κ2) is 11.3. The maximum Gasteiger partial charge on any atom is 0.248 e. The molecule has 0 spiro atoms. The first-order valence-corrected chi connectivity index (χ1v) is 14.1. The highest BCUT2D eigenvalue weighted by Crippen LogP contribution is 2.39. The summed E-state index contributed by atoms with van der Waals surface area (Å²) in [7, 11) is 1.57. The number of nitrogens with zero attached hydrogens (tertiary/aromatic N) is 5. The molecule has 2 aromatic heterocycles. The maximum absolute atomic E-state index is 13.1. The van der Waals surface area contributed by atoms with Crippen molar-refractivity contribution in [3.05, 3.63) is 36.0 Å². The molecule has 1 amide bonds. The number of rotatable bonds is 8. The molecule has 5 rings (SSSR count). The average Bonchev–Trinajstić information content (AvgIpc) is 3.36. The molecule has 4 heterocycles. The van der Waals surface area contributed by atoms with E-state index in [9.17, 15) is 18.7 Å². The Hall–Kier alpha value is -3.60. The van der Waals surface area contributed by atoms with E-state index in [1.807, 2.05) is 38.2 Å². The van der Waals surface area contributed by atoms with Gasteiger partial charge < -0.3 is 20.1 Å². The van der Waals surface area contributed by atoms with Crippen molar-refractivity contribution in [2.45, 2.75) is 59.4 Å². The molecule has 0 saturated carbocycles. The summed E-state index contributed by atoms with van der Waals surface area (Å²) in [6, 6.07) is 8.04.